The van der Waals surface area contributed by atoms with Crippen molar-refractivity contribution in [3.8, 4) is 5.75 Å². The monoisotopic (exact) mass is 394 g/mol. The summed E-state index contributed by atoms with van der Waals surface area (Å²) < 4.78 is 5.70. The van der Waals surface area contributed by atoms with E-state index in [-0.39, 0.29) is 24.2 Å². The van der Waals surface area contributed by atoms with Gasteiger partial charge in [-0.3, -0.25) is 9.59 Å². The van der Waals surface area contributed by atoms with Gasteiger partial charge in [0.25, 0.3) is 0 Å². The molecule has 2 aromatic rings. The summed E-state index contributed by atoms with van der Waals surface area (Å²) in [5, 5.41) is 2.93. The van der Waals surface area contributed by atoms with Gasteiger partial charge in [-0.05, 0) is 67.8 Å². The van der Waals surface area contributed by atoms with Crippen molar-refractivity contribution >= 4 is 23.2 Å². The maximum absolute atomic E-state index is 12.7. The van der Waals surface area contributed by atoms with Crippen molar-refractivity contribution in [2.24, 2.45) is 5.92 Å². The summed E-state index contributed by atoms with van der Waals surface area (Å²) in [6, 6.07) is 13.4. The number of nitrogens with zero attached hydrogens (tertiary/aromatic N) is 1. The quantitative estimate of drug-likeness (QED) is 0.650. The predicted molar refractivity (Wildman–Crippen MR) is 116 cm³/mol. The Balaban J connectivity index is 1.55. The number of ether oxygens (including phenoxy) is 1. The fraction of sp³-hybridized carbons (Fsp3) is 0.417. The first-order chi connectivity index (χ1) is 14.0. The minimum Gasteiger partial charge on any atom is -0.494 e. The van der Waals surface area contributed by atoms with E-state index in [4.69, 9.17) is 4.74 Å². The van der Waals surface area contributed by atoms with Gasteiger partial charge in [-0.15, -0.1) is 0 Å². The number of rotatable bonds is 8. The van der Waals surface area contributed by atoms with Crippen molar-refractivity contribution in [2.45, 2.75) is 46.5 Å². The molecule has 0 spiro atoms. The van der Waals surface area contributed by atoms with Crippen LogP contribution in [0, 0.1) is 19.8 Å². The normalized spacial score (nSPS) is 16.2. The van der Waals surface area contributed by atoms with Gasteiger partial charge in [-0.1, -0.05) is 25.8 Å². The van der Waals surface area contributed by atoms with Crippen LogP contribution in [0.1, 0.15) is 43.7 Å². The number of aryl methyl sites for hydroxylation is 2. The van der Waals surface area contributed by atoms with E-state index in [1.807, 2.05) is 56.3 Å². The Kier molecular flexibility index (Phi) is 6.91. The van der Waals surface area contributed by atoms with Crippen molar-refractivity contribution in [1.29, 1.82) is 0 Å². The van der Waals surface area contributed by atoms with Gasteiger partial charge in [0.2, 0.25) is 11.8 Å². The Morgan fingerprint density at radius 2 is 1.86 bits per heavy atom. The highest BCUT2D eigenvalue weighted by Gasteiger charge is 2.35. The van der Waals surface area contributed by atoms with E-state index in [1.165, 1.54) is 12.0 Å². The van der Waals surface area contributed by atoms with Crippen molar-refractivity contribution in [1.82, 2.24) is 0 Å². The van der Waals surface area contributed by atoms with E-state index in [2.05, 4.69) is 12.2 Å². The molecule has 1 heterocycles. The smallest absolute Gasteiger partial charge is 0.229 e. The van der Waals surface area contributed by atoms with Crippen LogP contribution in [0.25, 0.3) is 0 Å². The summed E-state index contributed by atoms with van der Waals surface area (Å²) in [4.78, 5) is 26.8. The molecule has 3 rings (SSSR count). The van der Waals surface area contributed by atoms with Crippen molar-refractivity contribution in [3.63, 3.8) is 0 Å². The van der Waals surface area contributed by atoms with E-state index in [0.717, 1.165) is 29.8 Å². The summed E-state index contributed by atoms with van der Waals surface area (Å²) in [7, 11) is 0. The summed E-state index contributed by atoms with van der Waals surface area (Å²) in [5.41, 5.74) is 3.90. The van der Waals surface area contributed by atoms with Crippen LogP contribution in [0.4, 0.5) is 11.4 Å². The molecule has 0 saturated carbocycles. The summed E-state index contributed by atoms with van der Waals surface area (Å²) in [6.07, 6.45) is 3.60. The van der Waals surface area contributed by atoms with Crippen LogP contribution >= 0.6 is 0 Å². The minimum atomic E-state index is -0.353. The maximum atomic E-state index is 12.7. The molecule has 1 atom stereocenters. The highest BCUT2D eigenvalue weighted by atomic mass is 16.5. The standard InChI is InChI=1S/C24H30N2O3/c1-4-5-6-13-29-22-11-8-20(9-12-22)25-24(28)19-15-23(27)26(16-19)21-10-7-17(2)18(3)14-21/h7-12,14,19H,4-6,13,15-16H2,1-3H3,(H,25,28)/t19-/m1/s1. The van der Waals surface area contributed by atoms with Crippen LogP contribution in [0.3, 0.4) is 0 Å². The minimum absolute atomic E-state index is 0.00997. The Morgan fingerprint density at radius 1 is 1.10 bits per heavy atom. The first-order valence-corrected chi connectivity index (χ1v) is 10.4. The molecule has 154 valence electrons. The van der Waals surface area contributed by atoms with E-state index in [0.29, 0.717) is 18.8 Å². The van der Waals surface area contributed by atoms with Gasteiger partial charge < -0.3 is 15.0 Å². The first kappa shape index (κ1) is 20.9. The molecule has 29 heavy (non-hydrogen) atoms. The number of benzene rings is 2. The van der Waals surface area contributed by atoms with Crippen LogP contribution in [0.2, 0.25) is 0 Å². The highest BCUT2D eigenvalue weighted by molar-refractivity contribution is 6.03. The lowest BCUT2D eigenvalue weighted by atomic mass is 10.1. The van der Waals surface area contributed by atoms with E-state index in [9.17, 15) is 9.59 Å². The molecule has 0 unspecified atom stereocenters. The topological polar surface area (TPSA) is 58.6 Å². The average Bonchev–Trinajstić information content (AvgIpc) is 3.10. The summed E-state index contributed by atoms with van der Waals surface area (Å²) in [6.45, 7) is 7.35. The van der Waals surface area contributed by atoms with Gasteiger partial charge in [-0.2, -0.15) is 0 Å². The highest BCUT2D eigenvalue weighted by Crippen LogP contribution is 2.28. The van der Waals surface area contributed by atoms with Crippen LogP contribution in [0.5, 0.6) is 5.75 Å². The molecule has 0 aliphatic carbocycles. The number of hydrogen-bond donors (Lipinski definition) is 1. The fourth-order valence-electron chi connectivity index (χ4n) is 3.45. The number of nitrogens with one attached hydrogen (secondary N) is 1. The second kappa shape index (κ2) is 9.59. The Morgan fingerprint density at radius 3 is 2.55 bits per heavy atom. The molecular formula is C24H30N2O3. The lowest BCUT2D eigenvalue weighted by Crippen LogP contribution is -2.28. The lowest BCUT2D eigenvalue weighted by molar-refractivity contribution is -0.122. The van der Waals surface area contributed by atoms with E-state index >= 15 is 0 Å². The second-order valence-electron chi connectivity index (χ2n) is 7.74. The first-order valence-electron chi connectivity index (χ1n) is 10.4. The maximum Gasteiger partial charge on any atom is 0.229 e. The number of hydrogen-bond acceptors (Lipinski definition) is 3. The number of unbranched alkanes of at least 4 members (excludes halogenated alkanes) is 2. The SMILES string of the molecule is CCCCCOc1ccc(NC(=O)[C@@H]2CC(=O)N(c3ccc(C)c(C)c3)C2)cc1. The molecule has 0 bridgehead atoms. The molecule has 2 aromatic carbocycles. The van der Waals surface area contributed by atoms with Gasteiger partial charge in [0.05, 0.1) is 12.5 Å². The van der Waals surface area contributed by atoms with Gasteiger partial charge in [-0.25, -0.2) is 0 Å². The number of amides is 2. The van der Waals surface area contributed by atoms with Crippen LogP contribution in [-0.4, -0.2) is 25.0 Å². The molecule has 1 fully saturated rings. The Labute approximate surface area is 173 Å². The predicted octanol–water partition coefficient (Wildman–Crippen LogP) is 4.86. The Bertz CT molecular complexity index is 861. The third-order valence-electron chi connectivity index (χ3n) is 5.44. The van der Waals surface area contributed by atoms with Crippen LogP contribution in [0.15, 0.2) is 42.5 Å². The van der Waals surface area contributed by atoms with E-state index in [1.54, 1.807) is 4.90 Å². The second-order valence-corrected chi connectivity index (χ2v) is 7.74. The van der Waals surface area contributed by atoms with Crippen LogP contribution < -0.4 is 15.0 Å². The molecule has 5 nitrogen and oxygen atoms in total. The zero-order chi connectivity index (χ0) is 20.8. The van der Waals surface area contributed by atoms with Gasteiger partial charge in [0.15, 0.2) is 0 Å². The summed E-state index contributed by atoms with van der Waals surface area (Å²) in [5.74, 6) is 0.315. The fourth-order valence-corrected chi connectivity index (χ4v) is 3.45. The molecule has 2 amide bonds. The van der Waals surface area contributed by atoms with Crippen molar-refractivity contribution in [3.05, 3.63) is 53.6 Å². The number of carbonyl (C=O) groups excluding carboxylic acids is 2. The number of anilines is 2. The van der Waals surface area contributed by atoms with Gasteiger partial charge >= 0.3 is 0 Å². The van der Waals surface area contributed by atoms with Crippen molar-refractivity contribution < 1.29 is 14.3 Å². The largest absolute Gasteiger partial charge is 0.494 e. The average molecular weight is 395 g/mol. The molecule has 0 aromatic heterocycles. The third-order valence-corrected chi connectivity index (χ3v) is 5.44. The zero-order valence-corrected chi connectivity index (χ0v) is 17.5. The third kappa shape index (κ3) is 5.37. The summed E-state index contributed by atoms with van der Waals surface area (Å²) >= 11 is 0. The molecule has 1 saturated heterocycles. The molecular weight excluding hydrogens is 364 g/mol. The molecule has 0 radical (unpaired) electrons. The van der Waals surface area contributed by atoms with Crippen molar-refractivity contribution in [2.75, 3.05) is 23.4 Å². The number of carbonyl (C=O) groups is 2. The Hall–Kier alpha value is -2.82. The van der Waals surface area contributed by atoms with Gasteiger partial charge in [0, 0.05) is 24.3 Å². The molecule has 1 aliphatic rings. The lowest BCUT2D eigenvalue weighted by Gasteiger charge is -2.18. The molecule has 1 N–H and O–H groups in total. The van der Waals surface area contributed by atoms with Crippen LogP contribution in [-0.2, 0) is 9.59 Å². The van der Waals surface area contributed by atoms with E-state index < -0.39 is 0 Å². The molecule has 1 aliphatic heterocycles. The van der Waals surface area contributed by atoms with Gasteiger partial charge in [0.1, 0.15) is 5.75 Å². The zero-order valence-electron chi connectivity index (χ0n) is 17.5. The molecule has 5 heteroatoms.